The van der Waals surface area contributed by atoms with Gasteiger partial charge in [-0.25, -0.2) is 8.42 Å². The molecule has 1 aliphatic heterocycles. The van der Waals surface area contributed by atoms with Crippen LogP contribution in [0, 0.1) is 0 Å². The first kappa shape index (κ1) is 18.1. The summed E-state index contributed by atoms with van der Waals surface area (Å²) < 4.78 is 32.3. The maximum Gasteiger partial charge on any atom is 0.306 e. The summed E-state index contributed by atoms with van der Waals surface area (Å²) in [4.78, 5) is 23.2. The maximum atomic E-state index is 13.1. The summed E-state index contributed by atoms with van der Waals surface area (Å²) in [5.41, 5.74) is 1.83. The van der Waals surface area contributed by atoms with Gasteiger partial charge in [-0.05, 0) is 30.7 Å². The van der Waals surface area contributed by atoms with Crippen LogP contribution in [0.3, 0.4) is 0 Å². The van der Waals surface area contributed by atoms with Gasteiger partial charge in [-0.1, -0.05) is 30.3 Å². The molecule has 7 heteroatoms. The van der Waals surface area contributed by atoms with Crippen LogP contribution in [0.15, 0.2) is 53.4 Å². The molecular weight excluding hydrogens is 354 g/mol. The number of esters is 1. The number of para-hydroxylation sites is 1. The van der Waals surface area contributed by atoms with Gasteiger partial charge in [0.2, 0.25) is 0 Å². The van der Waals surface area contributed by atoms with Crippen molar-refractivity contribution in [2.45, 2.75) is 24.2 Å². The normalized spacial score (nSPS) is 16.2. The zero-order valence-corrected chi connectivity index (χ0v) is 15.3. The second-order valence-corrected chi connectivity index (χ2v) is 8.02. The predicted molar refractivity (Wildman–Crippen MR) is 96.8 cm³/mol. The first-order chi connectivity index (χ1) is 12.3. The third kappa shape index (κ3) is 3.22. The molecule has 1 aliphatic rings. The molecule has 0 aliphatic carbocycles. The summed E-state index contributed by atoms with van der Waals surface area (Å²) in [5, 5.41) is 0. The van der Waals surface area contributed by atoms with Crippen molar-refractivity contribution in [2.24, 2.45) is 0 Å². The molecule has 2 aromatic carbocycles. The predicted octanol–water partition coefficient (Wildman–Crippen LogP) is 2.74. The number of nitrogens with zero attached hydrogens (tertiary/aromatic N) is 1. The summed E-state index contributed by atoms with van der Waals surface area (Å²) >= 11 is 0. The van der Waals surface area contributed by atoms with E-state index in [-0.39, 0.29) is 35.5 Å². The van der Waals surface area contributed by atoms with E-state index < -0.39 is 10.0 Å². The van der Waals surface area contributed by atoms with Crippen molar-refractivity contribution in [1.29, 1.82) is 0 Å². The molecule has 6 nitrogen and oxygen atoms in total. The Kier molecular flexibility index (Phi) is 4.82. The minimum Gasteiger partial charge on any atom is -0.469 e. The third-order valence-electron chi connectivity index (χ3n) is 4.52. The van der Waals surface area contributed by atoms with Gasteiger partial charge in [0.05, 0.1) is 24.1 Å². The molecule has 136 valence electrons. The Morgan fingerprint density at radius 1 is 1.12 bits per heavy atom. The number of hydrogen-bond donors (Lipinski definition) is 0. The van der Waals surface area contributed by atoms with Crippen molar-refractivity contribution in [3.8, 4) is 0 Å². The zero-order valence-electron chi connectivity index (χ0n) is 14.5. The number of anilines is 1. The van der Waals surface area contributed by atoms with Crippen LogP contribution in [0.5, 0.6) is 0 Å². The molecule has 0 spiro atoms. The van der Waals surface area contributed by atoms with E-state index in [4.69, 9.17) is 4.74 Å². The number of ether oxygens (including phenoxy) is 1. The highest BCUT2D eigenvalue weighted by atomic mass is 32.2. The number of carbonyl (C=O) groups excluding carboxylic acids is 2. The molecule has 3 rings (SSSR count). The molecule has 0 saturated heterocycles. The Hall–Kier alpha value is -2.67. The molecule has 0 amide bonds. The molecular formula is C19H19NO5S. The minimum absolute atomic E-state index is 0.107. The van der Waals surface area contributed by atoms with Crippen LogP contribution in [-0.4, -0.2) is 33.8 Å². The fourth-order valence-electron chi connectivity index (χ4n) is 3.13. The minimum atomic E-state index is -3.80. The number of fused-ring (bicyclic) bond motifs is 1. The van der Waals surface area contributed by atoms with Gasteiger partial charge >= 0.3 is 5.97 Å². The van der Waals surface area contributed by atoms with Crippen LogP contribution < -0.4 is 4.31 Å². The number of carbonyl (C=O) groups is 2. The Bertz CT molecular complexity index is 950. The molecule has 0 N–H and O–H groups in total. The van der Waals surface area contributed by atoms with E-state index in [2.05, 4.69) is 0 Å². The topological polar surface area (TPSA) is 80.8 Å². The number of methoxy groups -OCH3 is 1. The van der Waals surface area contributed by atoms with E-state index in [1.165, 1.54) is 42.6 Å². The molecule has 1 unspecified atom stereocenters. The number of ketones is 1. The molecule has 26 heavy (non-hydrogen) atoms. The lowest BCUT2D eigenvalue weighted by Crippen LogP contribution is -2.30. The van der Waals surface area contributed by atoms with Crippen LogP contribution >= 0.6 is 0 Å². The van der Waals surface area contributed by atoms with Gasteiger partial charge in [0.15, 0.2) is 5.78 Å². The van der Waals surface area contributed by atoms with Crippen molar-refractivity contribution >= 4 is 27.5 Å². The maximum absolute atomic E-state index is 13.1. The third-order valence-corrected chi connectivity index (χ3v) is 6.31. The summed E-state index contributed by atoms with van der Waals surface area (Å²) in [6.07, 6.45) is 0.114. The number of sulfonamides is 1. The highest BCUT2D eigenvalue weighted by Crippen LogP contribution is 2.41. The van der Waals surface area contributed by atoms with E-state index in [9.17, 15) is 18.0 Å². The van der Waals surface area contributed by atoms with Gasteiger partial charge in [-0.2, -0.15) is 0 Å². The lowest BCUT2D eigenvalue weighted by Gasteiger charge is -2.20. The zero-order chi connectivity index (χ0) is 18.9. The SMILES string of the molecule is COC(=O)CC1CN(S(=O)(=O)c2ccc(C(C)=O)cc2)c2ccccc21. The van der Waals surface area contributed by atoms with Crippen LogP contribution in [0.2, 0.25) is 0 Å². The van der Waals surface area contributed by atoms with Gasteiger partial charge in [-0.15, -0.1) is 0 Å². The Morgan fingerprint density at radius 3 is 2.38 bits per heavy atom. The lowest BCUT2D eigenvalue weighted by molar-refractivity contribution is -0.141. The van der Waals surface area contributed by atoms with Gasteiger partial charge < -0.3 is 4.74 Å². The number of Topliss-reactive ketones (excluding diaryl/α,β-unsaturated/α-hetero) is 1. The van der Waals surface area contributed by atoms with Crippen molar-refractivity contribution in [3.63, 3.8) is 0 Å². The van der Waals surface area contributed by atoms with Crippen LogP contribution in [0.25, 0.3) is 0 Å². The lowest BCUT2D eigenvalue weighted by atomic mass is 9.98. The Labute approximate surface area is 152 Å². The fraction of sp³-hybridized carbons (Fsp3) is 0.263. The van der Waals surface area contributed by atoms with E-state index >= 15 is 0 Å². The molecule has 1 atom stereocenters. The van der Waals surface area contributed by atoms with Gasteiger partial charge in [0.25, 0.3) is 10.0 Å². The molecule has 0 bridgehead atoms. The molecule has 0 aromatic heterocycles. The van der Waals surface area contributed by atoms with Crippen molar-refractivity contribution < 1.29 is 22.7 Å². The quantitative estimate of drug-likeness (QED) is 0.595. The summed E-state index contributed by atoms with van der Waals surface area (Å²) in [7, 11) is -2.49. The number of rotatable bonds is 5. The summed E-state index contributed by atoms with van der Waals surface area (Å²) in [6, 6.07) is 13.0. The highest BCUT2D eigenvalue weighted by molar-refractivity contribution is 7.92. The standard InChI is InChI=1S/C19H19NO5S/c1-13(21)14-7-9-16(10-8-14)26(23,24)20-12-15(11-19(22)25-2)17-5-3-4-6-18(17)20/h3-10,15H,11-12H2,1-2H3. The van der Waals surface area contributed by atoms with Crippen molar-refractivity contribution in [1.82, 2.24) is 0 Å². The van der Waals surface area contributed by atoms with E-state index in [1.54, 1.807) is 12.1 Å². The Balaban J connectivity index is 1.97. The molecule has 0 fully saturated rings. The largest absolute Gasteiger partial charge is 0.469 e. The van der Waals surface area contributed by atoms with Crippen LogP contribution in [-0.2, 0) is 19.6 Å². The van der Waals surface area contributed by atoms with Crippen LogP contribution in [0.1, 0.15) is 35.2 Å². The van der Waals surface area contributed by atoms with E-state index in [0.29, 0.717) is 11.3 Å². The van der Waals surface area contributed by atoms with E-state index in [0.717, 1.165) is 5.56 Å². The van der Waals surface area contributed by atoms with Crippen LogP contribution in [0.4, 0.5) is 5.69 Å². The van der Waals surface area contributed by atoms with Crippen molar-refractivity contribution in [2.75, 3.05) is 18.0 Å². The smallest absolute Gasteiger partial charge is 0.306 e. The number of hydrogen-bond acceptors (Lipinski definition) is 5. The summed E-state index contributed by atoms with van der Waals surface area (Å²) in [6.45, 7) is 1.60. The second kappa shape index (κ2) is 6.92. The first-order valence-corrected chi connectivity index (χ1v) is 9.58. The van der Waals surface area contributed by atoms with Gasteiger partial charge in [0, 0.05) is 18.0 Å². The van der Waals surface area contributed by atoms with Gasteiger partial charge in [-0.3, -0.25) is 13.9 Å². The Morgan fingerprint density at radius 2 is 1.77 bits per heavy atom. The fourth-order valence-corrected chi connectivity index (χ4v) is 4.67. The highest BCUT2D eigenvalue weighted by Gasteiger charge is 2.37. The average Bonchev–Trinajstić information content (AvgIpc) is 3.01. The van der Waals surface area contributed by atoms with Crippen molar-refractivity contribution in [3.05, 3.63) is 59.7 Å². The molecule has 2 aromatic rings. The summed E-state index contributed by atoms with van der Waals surface area (Å²) in [5.74, 6) is -0.765. The molecule has 1 heterocycles. The monoisotopic (exact) mass is 373 g/mol. The average molecular weight is 373 g/mol. The first-order valence-electron chi connectivity index (χ1n) is 8.14. The van der Waals surface area contributed by atoms with E-state index in [1.807, 2.05) is 12.1 Å². The molecule has 0 radical (unpaired) electrons. The molecule has 0 saturated carbocycles. The van der Waals surface area contributed by atoms with Gasteiger partial charge in [0.1, 0.15) is 0 Å². The second-order valence-electron chi connectivity index (χ2n) is 6.15. The number of benzene rings is 2.